The predicted molar refractivity (Wildman–Crippen MR) is 77.6 cm³/mol. The molecule has 0 saturated carbocycles. The van der Waals surface area contributed by atoms with Crippen molar-refractivity contribution < 1.29 is 4.79 Å². The Kier molecular flexibility index (Phi) is 3.06. The Morgan fingerprint density at radius 1 is 1.15 bits per heavy atom. The lowest BCUT2D eigenvalue weighted by Crippen LogP contribution is -2.00. The van der Waals surface area contributed by atoms with Crippen LogP contribution >= 0.6 is 0 Å². The Hall–Kier alpha value is -2.86. The van der Waals surface area contributed by atoms with Gasteiger partial charge in [-0.15, -0.1) is 0 Å². The summed E-state index contributed by atoms with van der Waals surface area (Å²) in [5.41, 5.74) is 3.32. The first-order valence-electron chi connectivity index (χ1n) is 6.34. The fourth-order valence-electron chi connectivity index (χ4n) is 2.36. The molecule has 0 radical (unpaired) electrons. The zero-order valence-electron chi connectivity index (χ0n) is 10.8. The van der Waals surface area contributed by atoms with Crippen LogP contribution in [0.5, 0.6) is 0 Å². The van der Waals surface area contributed by atoms with E-state index < -0.39 is 0 Å². The zero-order chi connectivity index (χ0) is 13.9. The minimum atomic E-state index is 0.621. The van der Waals surface area contributed by atoms with Gasteiger partial charge in [0.15, 0.2) is 0 Å². The molecular formula is C17H12N2O. The number of fused-ring (bicyclic) bond motifs is 1. The van der Waals surface area contributed by atoms with Crippen molar-refractivity contribution in [2.45, 2.75) is 6.54 Å². The summed E-state index contributed by atoms with van der Waals surface area (Å²) in [6.45, 7) is 0.621. The van der Waals surface area contributed by atoms with Gasteiger partial charge in [0.05, 0.1) is 11.6 Å². The summed E-state index contributed by atoms with van der Waals surface area (Å²) >= 11 is 0. The highest BCUT2D eigenvalue weighted by Crippen LogP contribution is 2.19. The van der Waals surface area contributed by atoms with Crippen molar-refractivity contribution in [1.82, 2.24) is 4.57 Å². The van der Waals surface area contributed by atoms with E-state index in [-0.39, 0.29) is 0 Å². The molecule has 1 heterocycles. The Balaban J connectivity index is 2.07. The van der Waals surface area contributed by atoms with Crippen molar-refractivity contribution >= 4 is 17.2 Å². The topological polar surface area (TPSA) is 45.8 Å². The second-order valence-corrected chi connectivity index (χ2v) is 4.65. The van der Waals surface area contributed by atoms with Gasteiger partial charge in [0.1, 0.15) is 6.29 Å². The van der Waals surface area contributed by atoms with Gasteiger partial charge in [-0.2, -0.15) is 5.26 Å². The number of hydrogen-bond donors (Lipinski definition) is 0. The molecule has 0 aliphatic heterocycles. The fraction of sp³-hybridized carbons (Fsp3) is 0.0588. The van der Waals surface area contributed by atoms with Crippen molar-refractivity contribution in [3.8, 4) is 6.07 Å². The highest BCUT2D eigenvalue weighted by molar-refractivity contribution is 5.87. The predicted octanol–water partition coefficient (Wildman–Crippen LogP) is 3.37. The third-order valence-corrected chi connectivity index (χ3v) is 3.41. The van der Waals surface area contributed by atoms with E-state index in [4.69, 9.17) is 5.26 Å². The molecule has 0 N–H and O–H groups in total. The van der Waals surface area contributed by atoms with Crippen LogP contribution in [-0.4, -0.2) is 10.9 Å². The molecule has 0 saturated heterocycles. The van der Waals surface area contributed by atoms with Crippen molar-refractivity contribution in [2.75, 3.05) is 0 Å². The second-order valence-electron chi connectivity index (χ2n) is 4.65. The highest BCUT2D eigenvalue weighted by Gasteiger charge is 2.06. The molecule has 0 fully saturated rings. The highest BCUT2D eigenvalue weighted by atomic mass is 16.1. The molecule has 0 spiro atoms. The number of carbonyl (C=O) groups excluding carboxylic acids is 1. The third-order valence-electron chi connectivity index (χ3n) is 3.41. The average Bonchev–Trinajstić information content (AvgIpc) is 2.90. The Morgan fingerprint density at radius 2 is 2.00 bits per heavy atom. The molecule has 1 aromatic heterocycles. The minimum Gasteiger partial charge on any atom is -0.343 e. The van der Waals surface area contributed by atoms with Crippen LogP contribution in [0.4, 0.5) is 0 Å². The van der Waals surface area contributed by atoms with Gasteiger partial charge >= 0.3 is 0 Å². The molecule has 3 rings (SSSR count). The van der Waals surface area contributed by atoms with Crippen molar-refractivity contribution in [2.24, 2.45) is 0 Å². The van der Waals surface area contributed by atoms with Crippen LogP contribution in [0, 0.1) is 11.3 Å². The molecule has 0 aliphatic rings. The average molecular weight is 260 g/mol. The monoisotopic (exact) mass is 260 g/mol. The van der Waals surface area contributed by atoms with Crippen molar-refractivity contribution in [3.63, 3.8) is 0 Å². The van der Waals surface area contributed by atoms with Crippen LogP contribution in [0.1, 0.15) is 21.5 Å². The van der Waals surface area contributed by atoms with E-state index in [1.807, 2.05) is 54.7 Å². The molecule has 0 unspecified atom stereocenters. The van der Waals surface area contributed by atoms with Gasteiger partial charge in [-0.3, -0.25) is 4.79 Å². The lowest BCUT2D eigenvalue weighted by molar-refractivity contribution is 0.112. The summed E-state index contributed by atoms with van der Waals surface area (Å²) in [6, 6.07) is 17.4. The molecule has 96 valence electrons. The summed E-state index contributed by atoms with van der Waals surface area (Å²) in [5.74, 6) is 0. The van der Waals surface area contributed by atoms with Crippen LogP contribution in [0.15, 0.2) is 54.7 Å². The molecular weight excluding hydrogens is 248 g/mol. The first-order chi connectivity index (χ1) is 9.81. The normalized spacial score (nSPS) is 10.3. The smallest absolute Gasteiger partial charge is 0.150 e. The first kappa shape index (κ1) is 12.2. The molecule has 0 amide bonds. The number of rotatable bonds is 3. The summed E-state index contributed by atoms with van der Waals surface area (Å²) in [4.78, 5) is 10.9. The maximum atomic E-state index is 10.9. The number of hydrogen-bond acceptors (Lipinski definition) is 2. The Labute approximate surface area is 116 Å². The molecule has 0 atom stereocenters. The van der Waals surface area contributed by atoms with E-state index in [1.54, 1.807) is 0 Å². The van der Waals surface area contributed by atoms with Crippen LogP contribution in [-0.2, 0) is 6.54 Å². The fourth-order valence-corrected chi connectivity index (χ4v) is 2.36. The number of aromatic nitrogens is 1. The van der Waals surface area contributed by atoms with Crippen molar-refractivity contribution in [3.05, 3.63) is 71.4 Å². The van der Waals surface area contributed by atoms with Gasteiger partial charge in [-0.1, -0.05) is 30.3 Å². The molecule has 3 nitrogen and oxygen atoms in total. The number of aldehydes is 1. The van der Waals surface area contributed by atoms with E-state index in [2.05, 4.69) is 10.6 Å². The molecule has 20 heavy (non-hydrogen) atoms. The number of nitriles is 1. The van der Waals surface area contributed by atoms with Crippen LogP contribution < -0.4 is 0 Å². The van der Waals surface area contributed by atoms with Gasteiger partial charge in [0, 0.05) is 23.8 Å². The third kappa shape index (κ3) is 2.08. The largest absolute Gasteiger partial charge is 0.343 e. The van der Waals surface area contributed by atoms with E-state index >= 15 is 0 Å². The zero-order valence-corrected chi connectivity index (χ0v) is 10.8. The van der Waals surface area contributed by atoms with Crippen molar-refractivity contribution in [1.29, 1.82) is 5.26 Å². The maximum Gasteiger partial charge on any atom is 0.150 e. The van der Waals surface area contributed by atoms with Gasteiger partial charge in [-0.05, 0) is 29.1 Å². The second kappa shape index (κ2) is 5.02. The standard InChI is InChI=1S/C17H12N2O/c18-10-15-3-1-2-4-16(15)11-19-8-7-14-6-5-13(12-20)9-17(14)19/h1-9,12H,11H2. The SMILES string of the molecule is N#Cc1ccccc1Cn1ccc2ccc(C=O)cc21. The summed E-state index contributed by atoms with van der Waals surface area (Å²) in [5, 5.41) is 10.2. The maximum absolute atomic E-state index is 10.9. The van der Waals surface area contributed by atoms with Gasteiger partial charge < -0.3 is 4.57 Å². The van der Waals surface area contributed by atoms with E-state index in [1.165, 1.54) is 0 Å². The quantitative estimate of drug-likeness (QED) is 0.678. The van der Waals surface area contributed by atoms with Crippen LogP contribution in [0.2, 0.25) is 0 Å². The molecule has 0 aliphatic carbocycles. The van der Waals surface area contributed by atoms with E-state index in [9.17, 15) is 4.79 Å². The van der Waals surface area contributed by atoms with Crippen LogP contribution in [0.3, 0.4) is 0 Å². The van der Waals surface area contributed by atoms with E-state index in [0.29, 0.717) is 17.7 Å². The van der Waals surface area contributed by atoms with E-state index in [0.717, 1.165) is 22.8 Å². The van der Waals surface area contributed by atoms with Crippen LogP contribution in [0.25, 0.3) is 10.9 Å². The Morgan fingerprint density at radius 3 is 2.80 bits per heavy atom. The van der Waals surface area contributed by atoms with Gasteiger partial charge in [0.2, 0.25) is 0 Å². The lowest BCUT2D eigenvalue weighted by atomic mass is 10.1. The lowest BCUT2D eigenvalue weighted by Gasteiger charge is -2.07. The number of nitrogens with zero attached hydrogens (tertiary/aromatic N) is 2. The molecule has 2 aromatic carbocycles. The molecule has 0 bridgehead atoms. The van der Waals surface area contributed by atoms with Gasteiger partial charge in [-0.25, -0.2) is 0 Å². The molecule has 3 heteroatoms. The first-order valence-corrected chi connectivity index (χ1v) is 6.34. The summed E-state index contributed by atoms with van der Waals surface area (Å²) in [7, 11) is 0. The minimum absolute atomic E-state index is 0.621. The molecule has 3 aromatic rings. The number of benzene rings is 2. The number of carbonyl (C=O) groups is 1. The summed E-state index contributed by atoms with van der Waals surface area (Å²) < 4.78 is 2.05. The Bertz CT molecular complexity index is 824. The van der Waals surface area contributed by atoms with Gasteiger partial charge in [0.25, 0.3) is 0 Å². The summed E-state index contributed by atoms with van der Waals surface area (Å²) in [6.07, 6.45) is 2.83.